The molecule has 16 heavy (non-hydrogen) atoms. The van der Waals surface area contributed by atoms with Crippen molar-refractivity contribution in [2.45, 2.75) is 0 Å². The Labute approximate surface area is 98.8 Å². The first-order valence-corrected chi connectivity index (χ1v) is 6.01. The Bertz CT molecular complexity index is 340. The predicted octanol–water partition coefficient (Wildman–Crippen LogP) is 1.60. The molecule has 0 fully saturated rings. The Hall–Kier alpha value is -1.54. The van der Waals surface area contributed by atoms with Gasteiger partial charge in [-0.2, -0.15) is 0 Å². The van der Waals surface area contributed by atoms with Crippen LogP contribution in [0.4, 0.5) is 0 Å². The molecule has 0 atom stereocenters. The summed E-state index contributed by atoms with van der Waals surface area (Å²) < 4.78 is 0. The van der Waals surface area contributed by atoms with E-state index < -0.39 is 23.4 Å². The van der Waals surface area contributed by atoms with Crippen LogP contribution in [-0.2, 0) is 9.59 Å². The quantitative estimate of drug-likeness (QED) is 0.313. The van der Waals surface area contributed by atoms with Gasteiger partial charge in [0.15, 0.2) is 0 Å². The van der Waals surface area contributed by atoms with Crippen molar-refractivity contribution in [3.8, 4) is 0 Å². The maximum Gasteiger partial charge on any atom is 0.353 e. The minimum atomic E-state index is -1.31. The van der Waals surface area contributed by atoms with Crippen LogP contribution >= 0.6 is 21.6 Å². The van der Waals surface area contributed by atoms with Crippen molar-refractivity contribution in [1.82, 2.24) is 0 Å². The molecule has 0 aliphatic heterocycles. The molecule has 0 aliphatic carbocycles. The molecule has 0 aromatic rings. The SMILES string of the molecule is N=C(C=CSSC=CC(=N)C(=O)O)C(=O)O. The van der Waals surface area contributed by atoms with Crippen molar-refractivity contribution < 1.29 is 19.8 Å². The van der Waals surface area contributed by atoms with E-state index in [2.05, 4.69) is 0 Å². The lowest BCUT2D eigenvalue weighted by molar-refractivity contribution is -0.130. The van der Waals surface area contributed by atoms with E-state index in [-0.39, 0.29) is 0 Å². The van der Waals surface area contributed by atoms with E-state index in [0.717, 1.165) is 33.7 Å². The molecule has 0 aromatic carbocycles. The normalized spacial score (nSPS) is 10.8. The van der Waals surface area contributed by atoms with Gasteiger partial charge in [-0.15, -0.1) is 0 Å². The topological polar surface area (TPSA) is 122 Å². The van der Waals surface area contributed by atoms with Gasteiger partial charge < -0.3 is 10.2 Å². The monoisotopic (exact) mass is 260 g/mol. The molecule has 4 N–H and O–H groups in total. The summed E-state index contributed by atoms with van der Waals surface area (Å²) >= 11 is 0. The maximum absolute atomic E-state index is 10.2. The number of carboxylic acids is 2. The fourth-order valence-corrected chi connectivity index (χ4v) is 1.63. The lowest BCUT2D eigenvalue weighted by Gasteiger charge is -1.89. The third-order valence-corrected chi connectivity index (χ3v) is 2.70. The van der Waals surface area contributed by atoms with E-state index >= 15 is 0 Å². The molecule has 0 aliphatic rings. The van der Waals surface area contributed by atoms with Crippen LogP contribution in [0.25, 0.3) is 0 Å². The summed E-state index contributed by atoms with van der Waals surface area (Å²) in [7, 11) is 2.22. The Balaban J connectivity index is 3.85. The van der Waals surface area contributed by atoms with Crippen molar-refractivity contribution in [3.63, 3.8) is 0 Å². The lowest BCUT2D eigenvalue weighted by Crippen LogP contribution is -2.07. The van der Waals surface area contributed by atoms with Crippen LogP contribution in [0.1, 0.15) is 0 Å². The highest BCUT2D eigenvalue weighted by molar-refractivity contribution is 8.78. The molecule has 0 saturated heterocycles. The Morgan fingerprint density at radius 3 is 1.44 bits per heavy atom. The summed E-state index contributed by atoms with van der Waals surface area (Å²) in [5.41, 5.74) is -1.06. The zero-order chi connectivity index (χ0) is 12.6. The zero-order valence-corrected chi connectivity index (χ0v) is 9.47. The second-order valence-corrected chi connectivity index (χ2v) is 4.32. The number of hydrogen-bond acceptors (Lipinski definition) is 6. The fourth-order valence-electron chi connectivity index (χ4n) is 0.398. The molecule has 6 nitrogen and oxygen atoms in total. The fraction of sp³-hybridized carbons (Fsp3) is 0. The second kappa shape index (κ2) is 7.71. The van der Waals surface area contributed by atoms with Crippen LogP contribution in [0.5, 0.6) is 0 Å². The van der Waals surface area contributed by atoms with Gasteiger partial charge in [-0.25, -0.2) is 9.59 Å². The van der Waals surface area contributed by atoms with Gasteiger partial charge in [-0.05, 0) is 23.0 Å². The Kier molecular flexibility index (Phi) is 6.97. The van der Waals surface area contributed by atoms with E-state index in [1.54, 1.807) is 0 Å². The summed E-state index contributed by atoms with van der Waals surface area (Å²) in [6.45, 7) is 0. The van der Waals surface area contributed by atoms with Crippen LogP contribution in [0, 0.1) is 10.8 Å². The van der Waals surface area contributed by atoms with Crippen molar-refractivity contribution in [2.75, 3.05) is 0 Å². The van der Waals surface area contributed by atoms with E-state index in [9.17, 15) is 9.59 Å². The van der Waals surface area contributed by atoms with Crippen LogP contribution in [0.15, 0.2) is 23.0 Å². The van der Waals surface area contributed by atoms with E-state index in [4.69, 9.17) is 21.0 Å². The minimum Gasteiger partial charge on any atom is -0.477 e. The smallest absolute Gasteiger partial charge is 0.353 e. The predicted molar refractivity (Wildman–Crippen MR) is 64.2 cm³/mol. The van der Waals surface area contributed by atoms with Gasteiger partial charge in [0.1, 0.15) is 11.4 Å². The highest BCUT2D eigenvalue weighted by Crippen LogP contribution is 2.23. The van der Waals surface area contributed by atoms with Crippen LogP contribution < -0.4 is 0 Å². The molecular weight excluding hydrogens is 252 g/mol. The number of aliphatic carboxylic acids is 2. The molecule has 0 bridgehead atoms. The van der Waals surface area contributed by atoms with Gasteiger partial charge in [0, 0.05) is 0 Å². The van der Waals surface area contributed by atoms with Gasteiger partial charge >= 0.3 is 11.9 Å². The third-order valence-electron chi connectivity index (χ3n) is 1.10. The van der Waals surface area contributed by atoms with Gasteiger partial charge in [-0.3, -0.25) is 10.8 Å². The first-order valence-electron chi connectivity index (χ1n) is 3.74. The number of nitrogens with one attached hydrogen (secondary N) is 2. The third kappa shape index (κ3) is 6.85. The van der Waals surface area contributed by atoms with Crippen molar-refractivity contribution in [2.24, 2.45) is 0 Å². The van der Waals surface area contributed by atoms with Crippen molar-refractivity contribution in [1.29, 1.82) is 10.8 Å². The van der Waals surface area contributed by atoms with E-state index in [0.29, 0.717) is 0 Å². The standard InChI is InChI=1S/C8H8N2O4S2/c9-5(7(11)12)1-3-15-16-4-2-6(10)8(13)14/h1-4,9-10H,(H,11,12)(H,13,14). The van der Waals surface area contributed by atoms with Gasteiger partial charge in [0.2, 0.25) is 0 Å². The molecule has 0 rings (SSSR count). The molecule has 0 radical (unpaired) electrons. The first kappa shape index (κ1) is 14.5. The molecule has 8 heteroatoms. The molecule has 0 spiro atoms. The van der Waals surface area contributed by atoms with Crippen LogP contribution in [0.3, 0.4) is 0 Å². The number of hydrogen-bond donors (Lipinski definition) is 4. The highest BCUT2D eigenvalue weighted by Gasteiger charge is 2.00. The van der Waals surface area contributed by atoms with Crippen molar-refractivity contribution in [3.05, 3.63) is 23.0 Å². The maximum atomic E-state index is 10.2. The van der Waals surface area contributed by atoms with Crippen LogP contribution in [-0.4, -0.2) is 33.6 Å². The van der Waals surface area contributed by atoms with E-state index in [1.807, 2.05) is 0 Å². The van der Waals surface area contributed by atoms with Crippen molar-refractivity contribution >= 4 is 44.9 Å². The zero-order valence-electron chi connectivity index (χ0n) is 7.84. The number of rotatable bonds is 7. The summed E-state index contributed by atoms with van der Waals surface area (Å²) in [4.78, 5) is 20.4. The first-order chi connectivity index (χ1) is 7.45. The molecule has 0 unspecified atom stereocenters. The average molecular weight is 260 g/mol. The highest BCUT2D eigenvalue weighted by atomic mass is 33.1. The van der Waals surface area contributed by atoms with Gasteiger partial charge in [0.25, 0.3) is 0 Å². The number of carboxylic acid groups (broad SMARTS) is 2. The van der Waals surface area contributed by atoms with Crippen LogP contribution in [0.2, 0.25) is 0 Å². The van der Waals surface area contributed by atoms with Gasteiger partial charge in [-0.1, -0.05) is 21.6 Å². The molecular formula is C8H8N2O4S2. The Morgan fingerprint density at radius 2 is 1.19 bits per heavy atom. The molecule has 0 amide bonds. The molecule has 0 heterocycles. The summed E-state index contributed by atoms with van der Waals surface area (Å²) in [6, 6.07) is 0. The molecule has 86 valence electrons. The molecule has 0 aromatic heterocycles. The van der Waals surface area contributed by atoms with E-state index in [1.165, 1.54) is 10.8 Å². The molecule has 0 saturated carbocycles. The largest absolute Gasteiger partial charge is 0.477 e. The van der Waals surface area contributed by atoms with Gasteiger partial charge in [0.05, 0.1) is 0 Å². The second-order valence-electron chi connectivity index (χ2n) is 2.24. The Morgan fingerprint density at radius 1 is 0.875 bits per heavy atom. The summed E-state index contributed by atoms with van der Waals surface area (Å²) in [5.74, 6) is -2.63. The minimum absolute atomic E-state index is 0.532. The average Bonchev–Trinajstić information content (AvgIpc) is 2.21. The summed E-state index contributed by atoms with van der Waals surface area (Å²) in [6.07, 6.45) is 2.21. The summed E-state index contributed by atoms with van der Waals surface area (Å²) in [5, 5.41) is 33.2. The number of carbonyl (C=O) groups is 2. The lowest BCUT2D eigenvalue weighted by atomic mass is 10.4.